The number of ketones is 1. The molecule has 0 radical (unpaired) electrons. The number of nitrogens with zero attached hydrogens (tertiary/aromatic N) is 2. The molecule has 0 saturated carbocycles. The number of hydrogen-bond donors (Lipinski definition) is 1. The number of aromatic nitrogens is 3. The third-order valence-corrected chi connectivity index (χ3v) is 3.88. The number of carbonyl (C=O) groups is 1. The molecule has 7 heteroatoms. The monoisotopic (exact) mass is 273 g/mol. The average molecular weight is 274 g/mol. The van der Waals surface area contributed by atoms with Gasteiger partial charge in [0, 0.05) is 0 Å². The molecule has 4 nitrogen and oxygen atoms in total. The van der Waals surface area contributed by atoms with Crippen LogP contribution in [0.4, 0.5) is 0 Å². The number of thiophene rings is 1. The lowest BCUT2D eigenvalue weighted by molar-refractivity contribution is 0.102. The highest BCUT2D eigenvalue weighted by molar-refractivity contribution is 7.99. The zero-order valence-electron chi connectivity index (χ0n) is 8.36. The molecule has 0 spiro atoms. The molecule has 2 rings (SSSR count). The van der Waals surface area contributed by atoms with Gasteiger partial charge < -0.3 is 0 Å². The SMILES string of the molecule is Cc1nc(SCC(=O)c2ccc(Cl)s2)n[nH]1. The number of carbonyl (C=O) groups excluding carboxylic acids is 1. The van der Waals surface area contributed by atoms with E-state index in [1.54, 1.807) is 12.1 Å². The van der Waals surface area contributed by atoms with Gasteiger partial charge in [-0.05, 0) is 19.1 Å². The molecule has 0 aliphatic heterocycles. The van der Waals surface area contributed by atoms with Gasteiger partial charge in [0.05, 0.1) is 15.0 Å². The topological polar surface area (TPSA) is 58.6 Å². The standard InChI is InChI=1S/C9H8ClN3OS2/c1-5-11-9(13-12-5)15-4-6(14)7-2-3-8(10)16-7/h2-3H,4H2,1H3,(H,11,12,13). The van der Waals surface area contributed by atoms with Crippen molar-refractivity contribution < 1.29 is 4.79 Å². The van der Waals surface area contributed by atoms with Gasteiger partial charge in [0.1, 0.15) is 5.82 Å². The van der Waals surface area contributed by atoms with Crippen molar-refractivity contribution in [3.63, 3.8) is 0 Å². The maximum atomic E-state index is 11.7. The van der Waals surface area contributed by atoms with Crippen molar-refractivity contribution in [3.05, 3.63) is 27.2 Å². The number of H-pyrrole nitrogens is 1. The maximum Gasteiger partial charge on any atom is 0.208 e. The minimum absolute atomic E-state index is 0.0457. The molecule has 0 aromatic carbocycles. The molecule has 16 heavy (non-hydrogen) atoms. The Labute approximate surface area is 105 Å². The number of thioether (sulfide) groups is 1. The van der Waals surface area contributed by atoms with E-state index in [-0.39, 0.29) is 5.78 Å². The first-order chi connectivity index (χ1) is 7.65. The Morgan fingerprint density at radius 2 is 2.44 bits per heavy atom. The second-order valence-corrected chi connectivity index (χ2v) is 5.68. The molecule has 0 amide bonds. The third-order valence-electron chi connectivity index (χ3n) is 1.76. The van der Waals surface area contributed by atoms with Crippen molar-refractivity contribution in [2.75, 3.05) is 5.75 Å². The Kier molecular flexibility index (Phi) is 3.63. The summed E-state index contributed by atoms with van der Waals surface area (Å²) in [6.07, 6.45) is 0. The number of hydrogen-bond acceptors (Lipinski definition) is 5. The minimum atomic E-state index is 0.0457. The number of nitrogens with one attached hydrogen (secondary N) is 1. The van der Waals surface area contributed by atoms with Crippen LogP contribution in [-0.4, -0.2) is 26.7 Å². The lowest BCUT2D eigenvalue weighted by Crippen LogP contribution is -1.99. The van der Waals surface area contributed by atoms with E-state index in [1.165, 1.54) is 23.1 Å². The smallest absolute Gasteiger partial charge is 0.208 e. The van der Waals surface area contributed by atoms with E-state index in [2.05, 4.69) is 15.2 Å². The predicted octanol–water partition coefficient (Wildman–Crippen LogP) is 2.80. The summed E-state index contributed by atoms with van der Waals surface area (Å²) in [7, 11) is 0. The van der Waals surface area contributed by atoms with Crippen molar-refractivity contribution >= 4 is 40.5 Å². The molecule has 0 unspecified atom stereocenters. The molecule has 2 heterocycles. The number of rotatable bonds is 4. The molecule has 0 fully saturated rings. The number of Topliss-reactive ketones (excluding diaryl/α,β-unsaturated/α-hetero) is 1. The first kappa shape index (κ1) is 11.6. The highest BCUT2D eigenvalue weighted by Gasteiger charge is 2.10. The molecule has 2 aromatic rings. The van der Waals surface area contributed by atoms with Crippen LogP contribution in [0.1, 0.15) is 15.5 Å². The van der Waals surface area contributed by atoms with Gasteiger partial charge >= 0.3 is 0 Å². The second-order valence-electron chi connectivity index (χ2n) is 3.02. The van der Waals surface area contributed by atoms with E-state index in [0.29, 0.717) is 20.1 Å². The van der Waals surface area contributed by atoms with Gasteiger partial charge in [-0.1, -0.05) is 23.4 Å². The zero-order valence-corrected chi connectivity index (χ0v) is 10.7. The quantitative estimate of drug-likeness (QED) is 0.687. The molecule has 0 atom stereocenters. The summed E-state index contributed by atoms with van der Waals surface area (Å²) in [6, 6.07) is 3.46. The summed E-state index contributed by atoms with van der Waals surface area (Å²) < 4.78 is 0.627. The molecular formula is C9H8ClN3OS2. The van der Waals surface area contributed by atoms with Crippen molar-refractivity contribution in [1.29, 1.82) is 0 Å². The van der Waals surface area contributed by atoms with Crippen molar-refractivity contribution in [3.8, 4) is 0 Å². The van der Waals surface area contributed by atoms with E-state index < -0.39 is 0 Å². The second kappa shape index (κ2) is 4.99. The van der Waals surface area contributed by atoms with Crippen LogP contribution in [-0.2, 0) is 0 Å². The van der Waals surface area contributed by atoms with E-state index in [0.717, 1.165) is 5.82 Å². The molecule has 2 aromatic heterocycles. The van der Waals surface area contributed by atoms with E-state index >= 15 is 0 Å². The normalized spacial score (nSPS) is 10.6. The Balaban J connectivity index is 1.93. The summed E-state index contributed by atoms with van der Waals surface area (Å²) in [5, 5.41) is 7.25. The minimum Gasteiger partial charge on any atom is -0.292 e. The maximum absolute atomic E-state index is 11.7. The highest BCUT2D eigenvalue weighted by atomic mass is 35.5. The lowest BCUT2D eigenvalue weighted by Gasteiger charge is -1.93. The van der Waals surface area contributed by atoms with Gasteiger partial charge in [-0.25, -0.2) is 4.98 Å². The van der Waals surface area contributed by atoms with Crippen LogP contribution < -0.4 is 0 Å². The fourth-order valence-electron chi connectivity index (χ4n) is 1.05. The Morgan fingerprint density at radius 3 is 3.00 bits per heavy atom. The molecular weight excluding hydrogens is 266 g/mol. The van der Waals surface area contributed by atoms with Gasteiger partial charge in [0.15, 0.2) is 5.78 Å². The van der Waals surface area contributed by atoms with Gasteiger partial charge in [0.2, 0.25) is 5.16 Å². The lowest BCUT2D eigenvalue weighted by atomic mass is 10.4. The molecule has 1 N–H and O–H groups in total. The van der Waals surface area contributed by atoms with E-state index in [4.69, 9.17) is 11.6 Å². The van der Waals surface area contributed by atoms with Crippen molar-refractivity contribution in [2.24, 2.45) is 0 Å². The number of halogens is 1. The molecule has 0 saturated heterocycles. The first-order valence-electron chi connectivity index (χ1n) is 4.45. The van der Waals surface area contributed by atoms with E-state index in [1.807, 2.05) is 6.92 Å². The summed E-state index contributed by atoms with van der Waals surface area (Å²) in [6.45, 7) is 1.82. The van der Waals surface area contributed by atoms with E-state index in [9.17, 15) is 4.79 Å². The molecule has 0 bridgehead atoms. The van der Waals surface area contributed by atoms with Crippen LogP contribution in [0.25, 0.3) is 0 Å². The predicted molar refractivity (Wildman–Crippen MR) is 65.5 cm³/mol. The average Bonchev–Trinajstić information content (AvgIpc) is 2.84. The van der Waals surface area contributed by atoms with Crippen molar-refractivity contribution in [1.82, 2.24) is 15.2 Å². The van der Waals surface area contributed by atoms with Gasteiger partial charge in [0.25, 0.3) is 0 Å². The molecule has 84 valence electrons. The highest BCUT2D eigenvalue weighted by Crippen LogP contribution is 2.23. The van der Waals surface area contributed by atoms with Crippen molar-refractivity contribution in [2.45, 2.75) is 12.1 Å². The summed E-state index contributed by atoms with van der Waals surface area (Å²) in [4.78, 5) is 16.5. The third kappa shape index (κ3) is 2.84. The summed E-state index contributed by atoms with van der Waals surface area (Å²) in [5.74, 6) is 1.12. The Bertz CT molecular complexity index is 508. The van der Waals surface area contributed by atoms with Crippen LogP contribution in [0.3, 0.4) is 0 Å². The molecule has 0 aliphatic rings. The van der Waals surface area contributed by atoms with Crippen LogP contribution in [0.15, 0.2) is 17.3 Å². The first-order valence-corrected chi connectivity index (χ1v) is 6.63. The zero-order chi connectivity index (χ0) is 11.5. The summed E-state index contributed by atoms with van der Waals surface area (Å²) in [5.41, 5.74) is 0. The number of aromatic amines is 1. The van der Waals surface area contributed by atoms with Crippen LogP contribution in [0.5, 0.6) is 0 Å². The van der Waals surface area contributed by atoms with Gasteiger partial charge in [-0.3, -0.25) is 9.89 Å². The van der Waals surface area contributed by atoms with Crippen LogP contribution in [0.2, 0.25) is 4.34 Å². The fourth-order valence-corrected chi connectivity index (χ4v) is 2.85. The Morgan fingerprint density at radius 1 is 1.62 bits per heavy atom. The van der Waals surface area contributed by atoms with Crippen LogP contribution in [0, 0.1) is 6.92 Å². The fraction of sp³-hybridized carbons (Fsp3) is 0.222. The largest absolute Gasteiger partial charge is 0.292 e. The number of aryl methyl sites for hydroxylation is 1. The van der Waals surface area contributed by atoms with Gasteiger partial charge in [-0.2, -0.15) is 0 Å². The summed E-state index contributed by atoms with van der Waals surface area (Å²) >= 11 is 8.36. The van der Waals surface area contributed by atoms with Gasteiger partial charge in [-0.15, -0.1) is 16.4 Å². The molecule has 0 aliphatic carbocycles. The Hall–Kier alpha value is -0.850. The van der Waals surface area contributed by atoms with Crippen LogP contribution >= 0.6 is 34.7 Å².